The molecular formula is C11H13N3OS. The Hall–Kier alpha value is -1.67. The molecule has 2 amide bonds. The van der Waals surface area contributed by atoms with Crippen LogP contribution in [0.25, 0.3) is 0 Å². The van der Waals surface area contributed by atoms with Crippen molar-refractivity contribution in [3.05, 3.63) is 29.8 Å². The highest BCUT2D eigenvalue weighted by molar-refractivity contribution is 7.78. The third-order valence-electron chi connectivity index (χ3n) is 1.94. The summed E-state index contributed by atoms with van der Waals surface area (Å²) in [6.07, 6.45) is 0.269. The maximum absolute atomic E-state index is 11.6. The number of nitrogens with one attached hydrogen (secondary N) is 1. The molecule has 1 aromatic carbocycles. The molecule has 0 aromatic heterocycles. The van der Waals surface area contributed by atoms with Gasteiger partial charge in [0.15, 0.2) is 0 Å². The third-order valence-corrected chi connectivity index (χ3v) is 2.32. The average molecular weight is 235 g/mol. The van der Waals surface area contributed by atoms with E-state index in [2.05, 4.69) is 18.1 Å². The van der Waals surface area contributed by atoms with Gasteiger partial charge >= 0.3 is 6.03 Å². The smallest absolute Gasteiger partial charge is 0.307 e. The van der Waals surface area contributed by atoms with Gasteiger partial charge in [0.1, 0.15) is 0 Å². The van der Waals surface area contributed by atoms with E-state index in [1.54, 1.807) is 6.07 Å². The summed E-state index contributed by atoms with van der Waals surface area (Å²) in [4.78, 5) is 11.6. The second-order valence-corrected chi connectivity index (χ2v) is 3.81. The van der Waals surface area contributed by atoms with Crippen LogP contribution in [0.1, 0.15) is 12.0 Å². The lowest BCUT2D eigenvalue weighted by molar-refractivity contribution is 0.239. The molecule has 0 atom stereocenters. The van der Waals surface area contributed by atoms with E-state index in [-0.39, 0.29) is 12.5 Å². The van der Waals surface area contributed by atoms with Crippen LogP contribution in [0, 0.1) is 18.3 Å². The SMILES string of the molecule is Cc1cccc(NC(=O)N(S)CCC#N)c1. The Morgan fingerprint density at radius 2 is 2.38 bits per heavy atom. The van der Waals surface area contributed by atoms with Gasteiger partial charge in [-0.3, -0.25) is 4.31 Å². The molecule has 1 aromatic rings. The molecule has 0 spiro atoms. The van der Waals surface area contributed by atoms with E-state index in [4.69, 9.17) is 5.26 Å². The number of thiol groups is 1. The molecule has 0 saturated carbocycles. The first-order valence-corrected chi connectivity index (χ1v) is 5.24. The highest BCUT2D eigenvalue weighted by Gasteiger charge is 2.08. The molecule has 0 aliphatic carbocycles. The van der Waals surface area contributed by atoms with Crippen molar-refractivity contribution in [1.29, 1.82) is 5.26 Å². The summed E-state index contributed by atoms with van der Waals surface area (Å²) in [5.74, 6) is 0. The second-order valence-electron chi connectivity index (χ2n) is 3.33. The zero-order valence-corrected chi connectivity index (χ0v) is 9.87. The van der Waals surface area contributed by atoms with E-state index in [0.717, 1.165) is 11.3 Å². The summed E-state index contributed by atoms with van der Waals surface area (Å²) >= 11 is 3.99. The average Bonchev–Trinajstić information content (AvgIpc) is 2.25. The van der Waals surface area contributed by atoms with Crippen LogP contribution >= 0.6 is 12.8 Å². The number of anilines is 1. The summed E-state index contributed by atoms with van der Waals surface area (Å²) < 4.78 is 1.19. The molecular weight excluding hydrogens is 222 g/mol. The molecule has 0 saturated heterocycles. The van der Waals surface area contributed by atoms with Gasteiger partial charge in [0, 0.05) is 12.2 Å². The Labute approximate surface area is 100 Å². The Balaban J connectivity index is 2.54. The van der Waals surface area contributed by atoms with E-state index < -0.39 is 0 Å². The Kier molecular flexibility index (Phi) is 4.67. The molecule has 0 bridgehead atoms. The number of rotatable bonds is 3. The first-order chi connectivity index (χ1) is 7.63. The zero-order chi connectivity index (χ0) is 12.0. The molecule has 1 rings (SSSR count). The molecule has 5 heteroatoms. The molecule has 0 radical (unpaired) electrons. The monoisotopic (exact) mass is 235 g/mol. The van der Waals surface area contributed by atoms with Gasteiger partial charge in [-0.25, -0.2) is 4.79 Å². The van der Waals surface area contributed by atoms with Gasteiger partial charge in [-0.1, -0.05) is 24.9 Å². The fourth-order valence-electron chi connectivity index (χ4n) is 1.17. The summed E-state index contributed by atoms with van der Waals surface area (Å²) in [6, 6.07) is 9.11. The van der Waals surface area contributed by atoms with Crippen molar-refractivity contribution in [3.8, 4) is 6.07 Å². The predicted molar refractivity (Wildman–Crippen MR) is 66.1 cm³/mol. The summed E-state index contributed by atoms with van der Waals surface area (Å²) in [6.45, 7) is 2.25. The summed E-state index contributed by atoms with van der Waals surface area (Å²) in [5, 5.41) is 11.1. The lowest BCUT2D eigenvalue weighted by Crippen LogP contribution is -2.27. The molecule has 0 heterocycles. The number of benzene rings is 1. The van der Waals surface area contributed by atoms with Gasteiger partial charge in [0.2, 0.25) is 0 Å². The van der Waals surface area contributed by atoms with Crippen molar-refractivity contribution in [2.24, 2.45) is 0 Å². The Morgan fingerprint density at radius 3 is 3.00 bits per heavy atom. The summed E-state index contributed by atoms with van der Waals surface area (Å²) in [7, 11) is 0. The minimum atomic E-state index is -0.329. The lowest BCUT2D eigenvalue weighted by Gasteiger charge is -2.14. The molecule has 1 N–H and O–H groups in total. The number of nitriles is 1. The number of amides is 2. The highest BCUT2D eigenvalue weighted by atomic mass is 32.1. The van der Waals surface area contributed by atoms with Crippen LogP contribution in [0.2, 0.25) is 0 Å². The minimum absolute atomic E-state index is 0.269. The number of carbonyl (C=O) groups excluding carboxylic acids is 1. The van der Waals surface area contributed by atoms with Crippen molar-refractivity contribution >= 4 is 24.5 Å². The minimum Gasteiger partial charge on any atom is -0.307 e. The number of nitrogens with zero attached hydrogens (tertiary/aromatic N) is 2. The van der Waals surface area contributed by atoms with Crippen molar-refractivity contribution in [3.63, 3.8) is 0 Å². The van der Waals surface area contributed by atoms with Crippen molar-refractivity contribution < 1.29 is 4.79 Å². The fourth-order valence-corrected chi connectivity index (χ4v) is 1.32. The van der Waals surface area contributed by atoms with Crippen molar-refractivity contribution in [2.45, 2.75) is 13.3 Å². The Bertz CT molecular complexity index is 414. The van der Waals surface area contributed by atoms with Crippen LogP contribution in [-0.2, 0) is 0 Å². The van der Waals surface area contributed by atoms with E-state index in [1.807, 2.05) is 31.2 Å². The van der Waals surface area contributed by atoms with E-state index in [0.29, 0.717) is 6.54 Å². The molecule has 84 valence electrons. The second kappa shape index (κ2) is 6.03. The van der Waals surface area contributed by atoms with Crippen LogP contribution in [-0.4, -0.2) is 16.9 Å². The largest absolute Gasteiger partial charge is 0.331 e. The van der Waals surface area contributed by atoms with E-state index in [9.17, 15) is 4.79 Å². The summed E-state index contributed by atoms with van der Waals surface area (Å²) in [5.41, 5.74) is 1.79. The van der Waals surface area contributed by atoms with E-state index in [1.165, 1.54) is 4.31 Å². The molecule has 0 unspecified atom stereocenters. The van der Waals surface area contributed by atoms with Crippen LogP contribution in [0.15, 0.2) is 24.3 Å². The van der Waals surface area contributed by atoms with Crippen LogP contribution < -0.4 is 5.32 Å². The van der Waals surface area contributed by atoms with Crippen LogP contribution in [0.3, 0.4) is 0 Å². The maximum atomic E-state index is 11.6. The lowest BCUT2D eigenvalue weighted by atomic mass is 10.2. The normalized spacial score (nSPS) is 9.31. The quantitative estimate of drug-likeness (QED) is 0.791. The van der Waals surface area contributed by atoms with Gasteiger partial charge in [-0.2, -0.15) is 5.26 Å². The van der Waals surface area contributed by atoms with Gasteiger partial charge in [-0.05, 0) is 24.6 Å². The number of urea groups is 1. The number of carbonyl (C=O) groups is 1. The third kappa shape index (κ3) is 3.83. The first-order valence-electron chi connectivity index (χ1n) is 4.84. The standard InChI is InChI=1S/C11H13N3OS/c1-9-4-2-5-10(8-9)13-11(15)14(16)7-3-6-12/h2,4-5,8,16H,3,7H2,1H3,(H,13,15). The van der Waals surface area contributed by atoms with Gasteiger partial charge in [0.05, 0.1) is 12.5 Å². The van der Waals surface area contributed by atoms with Gasteiger partial charge < -0.3 is 5.32 Å². The van der Waals surface area contributed by atoms with Crippen LogP contribution in [0.5, 0.6) is 0 Å². The molecule has 0 fully saturated rings. The van der Waals surface area contributed by atoms with Gasteiger partial charge in [0.25, 0.3) is 0 Å². The van der Waals surface area contributed by atoms with Crippen LogP contribution in [0.4, 0.5) is 10.5 Å². The number of hydrogen-bond acceptors (Lipinski definition) is 3. The maximum Gasteiger partial charge on any atom is 0.331 e. The van der Waals surface area contributed by atoms with Gasteiger partial charge in [-0.15, -0.1) is 0 Å². The fraction of sp³-hybridized carbons (Fsp3) is 0.273. The topological polar surface area (TPSA) is 56.1 Å². The van der Waals surface area contributed by atoms with Crippen molar-refractivity contribution in [1.82, 2.24) is 4.31 Å². The number of aryl methyl sites for hydroxylation is 1. The molecule has 16 heavy (non-hydrogen) atoms. The molecule has 4 nitrogen and oxygen atoms in total. The Morgan fingerprint density at radius 1 is 1.62 bits per heavy atom. The first kappa shape index (κ1) is 12.4. The number of hydrogen-bond donors (Lipinski definition) is 2. The van der Waals surface area contributed by atoms with Crippen molar-refractivity contribution in [2.75, 3.05) is 11.9 Å². The predicted octanol–water partition coefficient (Wildman–Crippen LogP) is 2.59. The van der Waals surface area contributed by atoms with E-state index >= 15 is 0 Å². The molecule has 0 aliphatic rings. The highest BCUT2D eigenvalue weighted by Crippen LogP contribution is 2.11. The zero-order valence-electron chi connectivity index (χ0n) is 8.97. The molecule has 0 aliphatic heterocycles.